The van der Waals surface area contributed by atoms with Crippen LogP contribution in [0.25, 0.3) is 0 Å². The van der Waals surface area contributed by atoms with Crippen molar-refractivity contribution in [2.45, 2.75) is 273 Å². The van der Waals surface area contributed by atoms with Crippen LogP contribution >= 0.6 is 0 Å². The number of benzene rings is 1. The molecule has 1 heteroatoms. The Bertz CT molecular complexity index is 887. The van der Waals surface area contributed by atoms with E-state index < -0.39 is 0 Å². The number of rotatable bonds is 39. The van der Waals surface area contributed by atoms with Crippen LogP contribution < -0.4 is 0 Å². The second kappa shape index (κ2) is 35.7. The molecule has 1 aromatic carbocycles. The quantitative estimate of drug-likeness (QED) is 0.0670. The molecule has 0 fully saturated rings. The third kappa shape index (κ3) is 27.6. The maximum absolute atomic E-state index is 11.3. The summed E-state index contributed by atoms with van der Waals surface area (Å²) in [5.41, 5.74) is 4.39. The molecule has 306 valence electrons. The van der Waals surface area contributed by atoms with E-state index in [1.54, 1.807) is 5.56 Å². The van der Waals surface area contributed by atoms with E-state index in [0.717, 1.165) is 12.8 Å². The minimum Gasteiger partial charge on any atom is -0.508 e. The van der Waals surface area contributed by atoms with Crippen molar-refractivity contribution in [3.05, 3.63) is 28.8 Å². The highest BCUT2D eigenvalue weighted by atomic mass is 16.3. The molecule has 1 nitrogen and oxygen atoms in total. The van der Waals surface area contributed by atoms with Crippen LogP contribution in [0, 0.1) is 17.8 Å². The maximum atomic E-state index is 11.3. The fraction of sp³-hybridized carbons (Fsp3) is 0.882. The summed E-state index contributed by atoms with van der Waals surface area (Å²) in [6.07, 6.45) is 49.6. The van der Waals surface area contributed by atoms with Gasteiger partial charge < -0.3 is 5.11 Å². The molecule has 52 heavy (non-hydrogen) atoms. The van der Waals surface area contributed by atoms with E-state index in [0.29, 0.717) is 23.5 Å². The Morgan fingerprint density at radius 2 is 0.615 bits per heavy atom. The van der Waals surface area contributed by atoms with Crippen molar-refractivity contribution in [3.63, 3.8) is 0 Å². The Kier molecular flexibility index (Phi) is 33.7. The van der Waals surface area contributed by atoms with Gasteiger partial charge in [-0.15, -0.1) is 0 Å². The minimum absolute atomic E-state index is 0.571. The topological polar surface area (TPSA) is 20.2 Å². The van der Waals surface area contributed by atoms with Crippen LogP contribution in [0.2, 0.25) is 0 Å². The summed E-state index contributed by atoms with van der Waals surface area (Å²) in [5, 5.41) is 11.3. The molecule has 0 saturated carbocycles. The van der Waals surface area contributed by atoms with Crippen molar-refractivity contribution in [1.82, 2.24) is 0 Å². The lowest BCUT2D eigenvalue weighted by Crippen LogP contribution is -2.12. The molecule has 1 aromatic rings. The molecule has 0 bridgehead atoms. The Morgan fingerprint density at radius 3 is 0.942 bits per heavy atom. The molecule has 0 aliphatic rings. The van der Waals surface area contributed by atoms with Gasteiger partial charge in [-0.3, -0.25) is 0 Å². The zero-order chi connectivity index (χ0) is 37.9. The predicted molar refractivity (Wildman–Crippen MR) is 236 cm³/mol. The molecular weight excluding hydrogens is 629 g/mol. The first kappa shape index (κ1) is 49.0. The van der Waals surface area contributed by atoms with E-state index in [4.69, 9.17) is 0 Å². The highest BCUT2D eigenvalue weighted by molar-refractivity contribution is 5.45. The number of phenolic OH excluding ortho intramolecular Hbond substituents is 1. The number of phenols is 1. The van der Waals surface area contributed by atoms with E-state index in [-0.39, 0.29) is 0 Å². The molecular formula is C51H96O. The first-order valence-corrected chi connectivity index (χ1v) is 24.2. The van der Waals surface area contributed by atoms with Crippen molar-refractivity contribution in [1.29, 1.82) is 0 Å². The lowest BCUT2D eigenvalue weighted by Gasteiger charge is -2.23. The molecule has 0 spiro atoms. The molecule has 3 unspecified atom stereocenters. The SMILES string of the molecule is CCCCCCCCCCCCC(C)Cc1ccc(O)c(CC(C)CCCCCCCCCCCC)c1CC(C)CCCCCCCCCCCC. The maximum Gasteiger partial charge on any atom is 0.119 e. The van der Waals surface area contributed by atoms with Gasteiger partial charge in [-0.25, -0.2) is 0 Å². The largest absolute Gasteiger partial charge is 0.508 e. The van der Waals surface area contributed by atoms with Crippen molar-refractivity contribution in [2.24, 2.45) is 17.8 Å². The standard InChI is InChI=1S/C51H96O/c1-7-10-13-16-19-22-25-28-31-34-37-45(4)42-48-40-41-51(52)50(44-47(6)39-36-33-30-27-24-21-18-15-12-9-3)49(48)43-46(5)38-35-32-29-26-23-20-17-14-11-8-2/h40-41,45-47,52H,7-39,42-44H2,1-6H3. The second-order valence-corrected chi connectivity index (χ2v) is 18.0. The number of unbranched alkanes of at least 4 members (excludes halogenated alkanes) is 27. The Hall–Kier alpha value is -0.980. The molecule has 1 N–H and O–H groups in total. The molecule has 3 atom stereocenters. The van der Waals surface area contributed by atoms with Crippen molar-refractivity contribution < 1.29 is 5.11 Å². The fourth-order valence-electron chi connectivity index (χ4n) is 8.72. The van der Waals surface area contributed by atoms with Gasteiger partial charge in [0.05, 0.1) is 0 Å². The van der Waals surface area contributed by atoms with E-state index in [9.17, 15) is 5.11 Å². The monoisotopic (exact) mass is 725 g/mol. The van der Waals surface area contributed by atoms with Crippen LogP contribution in [-0.2, 0) is 19.3 Å². The van der Waals surface area contributed by atoms with Gasteiger partial charge in [0, 0.05) is 0 Å². The van der Waals surface area contributed by atoms with Crippen LogP contribution in [0.5, 0.6) is 5.75 Å². The van der Waals surface area contributed by atoms with Gasteiger partial charge in [0.25, 0.3) is 0 Å². The summed E-state index contributed by atoms with van der Waals surface area (Å²) in [5.74, 6) is 2.60. The second-order valence-electron chi connectivity index (χ2n) is 18.0. The summed E-state index contributed by atoms with van der Waals surface area (Å²) in [4.78, 5) is 0. The molecule has 0 aliphatic carbocycles. The van der Waals surface area contributed by atoms with Gasteiger partial charge in [0.1, 0.15) is 5.75 Å². The lowest BCUT2D eigenvalue weighted by atomic mass is 9.82. The van der Waals surface area contributed by atoms with Gasteiger partial charge in [-0.2, -0.15) is 0 Å². The van der Waals surface area contributed by atoms with E-state index in [2.05, 4.69) is 53.7 Å². The van der Waals surface area contributed by atoms with Crippen LogP contribution in [-0.4, -0.2) is 5.11 Å². The number of hydrogen-bond donors (Lipinski definition) is 1. The van der Waals surface area contributed by atoms with E-state index >= 15 is 0 Å². The molecule has 1 rings (SSSR count). The van der Waals surface area contributed by atoms with Crippen LogP contribution in [0.15, 0.2) is 12.1 Å². The fourth-order valence-corrected chi connectivity index (χ4v) is 8.72. The van der Waals surface area contributed by atoms with Crippen LogP contribution in [0.3, 0.4) is 0 Å². The average Bonchev–Trinajstić information content (AvgIpc) is 3.13. The minimum atomic E-state index is 0.571. The lowest BCUT2D eigenvalue weighted by molar-refractivity contribution is 0.433. The molecule has 0 aromatic heterocycles. The van der Waals surface area contributed by atoms with Gasteiger partial charge in [0.15, 0.2) is 0 Å². The first-order valence-electron chi connectivity index (χ1n) is 24.2. The van der Waals surface area contributed by atoms with Crippen LogP contribution in [0.4, 0.5) is 0 Å². The summed E-state index contributed by atoms with van der Waals surface area (Å²) in [6.45, 7) is 14.4. The summed E-state index contributed by atoms with van der Waals surface area (Å²) < 4.78 is 0. The van der Waals surface area contributed by atoms with Gasteiger partial charge in [-0.1, -0.05) is 259 Å². The van der Waals surface area contributed by atoms with Gasteiger partial charge in [0.2, 0.25) is 0 Å². The van der Waals surface area contributed by atoms with Gasteiger partial charge in [-0.05, 0) is 59.8 Å². The van der Waals surface area contributed by atoms with E-state index in [1.807, 2.05) is 0 Å². The zero-order valence-electron chi connectivity index (χ0n) is 36.8. The Morgan fingerprint density at radius 1 is 0.346 bits per heavy atom. The third-order valence-corrected chi connectivity index (χ3v) is 12.3. The summed E-state index contributed by atoms with van der Waals surface area (Å²) in [7, 11) is 0. The van der Waals surface area contributed by atoms with Gasteiger partial charge >= 0.3 is 0 Å². The molecule has 0 aliphatic heterocycles. The molecule has 0 saturated heterocycles. The molecule has 0 radical (unpaired) electrons. The smallest absolute Gasteiger partial charge is 0.119 e. The number of aromatic hydroxyl groups is 1. The highest BCUT2D eigenvalue weighted by Gasteiger charge is 2.19. The van der Waals surface area contributed by atoms with Crippen molar-refractivity contribution in [2.75, 3.05) is 0 Å². The predicted octanol–water partition coefficient (Wildman–Crippen LogP) is 17.9. The Labute approximate surface area is 329 Å². The normalized spacial score (nSPS) is 13.5. The van der Waals surface area contributed by atoms with Crippen molar-refractivity contribution >= 4 is 0 Å². The summed E-state index contributed by atoms with van der Waals surface area (Å²) >= 11 is 0. The number of hydrogen-bond acceptors (Lipinski definition) is 1. The van der Waals surface area contributed by atoms with Crippen LogP contribution in [0.1, 0.15) is 270 Å². The average molecular weight is 725 g/mol. The third-order valence-electron chi connectivity index (χ3n) is 12.3. The Balaban J connectivity index is 2.67. The van der Waals surface area contributed by atoms with E-state index in [1.165, 1.54) is 229 Å². The first-order chi connectivity index (χ1) is 25.4. The molecule has 0 amide bonds. The highest BCUT2D eigenvalue weighted by Crippen LogP contribution is 2.33. The molecule has 0 heterocycles. The summed E-state index contributed by atoms with van der Waals surface area (Å²) in [6, 6.07) is 4.37. The zero-order valence-corrected chi connectivity index (χ0v) is 36.8. The van der Waals surface area contributed by atoms with Crippen molar-refractivity contribution in [3.8, 4) is 5.75 Å².